The highest BCUT2D eigenvalue weighted by atomic mass is 35.5. The van der Waals surface area contributed by atoms with Crippen LogP contribution in [-0.2, 0) is 9.59 Å². The van der Waals surface area contributed by atoms with Crippen molar-refractivity contribution in [3.05, 3.63) is 0 Å². The van der Waals surface area contributed by atoms with Crippen molar-refractivity contribution >= 4 is 23.4 Å². The molecule has 80 valence electrons. The van der Waals surface area contributed by atoms with Crippen molar-refractivity contribution < 1.29 is 9.59 Å². The van der Waals surface area contributed by atoms with Gasteiger partial charge in [-0.25, -0.2) is 0 Å². The van der Waals surface area contributed by atoms with Gasteiger partial charge in [-0.05, 0) is 19.3 Å². The molecule has 0 saturated carbocycles. The Morgan fingerprint density at radius 3 is 3.07 bits per heavy atom. The molecule has 0 bridgehead atoms. The molecule has 1 fully saturated rings. The molecule has 0 aromatic rings. The molecule has 2 N–H and O–H groups in total. The molecule has 1 aliphatic heterocycles. The molecule has 2 amide bonds. The predicted octanol–water partition coefficient (Wildman–Crippen LogP) is 0.400. The summed E-state index contributed by atoms with van der Waals surface area (Å²) < 4.78 is 0. The van der Waals surface area contributed by atoms with Gasteiger partial charge in [0.2, 0.25) is 11.8 Å². The van der Waals surface area contributed by atoms with Crippen molar-refractivity contribution in [2.45, 2.75) is 31.7 Å². The van der Waals surface area contributed by atoms with Crippen LogP contribution in [0.4, 0.5) is 0 Å². The molecule has 1 atom stereocenters. The number of amides is 2. The molecule has 1 heterocycles. The predicted molar refractivity (Wildman–Crippen MR) is 54.1 cm³/mol. The SMILES string of the molecule is O=C(CCCCl)NC1CCCNC1=O. The fourth-order valence-corrected chi connectivity index (χ4v) is 1.54. The Morgan fingerprint density at radius 1 is 1.64 bits per heavy atom. The van der Waals surface area contributed by atoms with Crippen LogP contribution in [0, 0.1) is 0 Å². The number of rotatable bonds is 4. The third-order valence-electron chi connectivity index (χ3n) is 2.16. The van der Waals surface area contributed by atoms with Crippen molar-refractivity contribution in [1.82, 2.24) is 10.6 Å². The lowest BCUT2D eigenvalue weighted by molar-refractivity contribution is -0.130. The number of carbonyl (C=O) groups is 2. The van der Waals surface area contributed by atoms with Crippen molar-refractivity contribution in [2.75, 3.05) is 12.4 Å². The first-order valence-electron chi connectivity index (χ1n) is 4.87. The van der Waals surface area contributed by atoms with E-state index in [1.165, 1.54) is 0 Å². The first-order valence-corrected chi connectivity index (χ1v) is 5.40. The van der Waals surface area contributed by atoms with E-state index in [4.69, 9.17) is 11.6 Å². The maximum Gasteiger partial charge on any atom is 0.242 e. The summed E-state index contributed by atoms with van der Waals surface area (Å²) in [6, 6.07) is -0.341. The van der Waals surface area contributed by atoms with E-state index < -0.39 is 0 Å². The molecule has 0 aromatic heterocycles. The average molecular weight is 219 g/mol. The zero-order valence-corrected chi connectivity index (χ0v) is 8.77. The molecule has 4 nitrogen and oxygen atoms in total. The van der Waals surface area contributed by atoms with Crippen LogP contribution >= 0.6 is 11.6 Å². The van der Waals surface area contributed by atoms with Crippen molar-refractivity contribution in [3.8, 4) is 0 Å². The van der Waals surface area contributed by atoms with Crippen molar-refractivity contribution in [2.24, 2.45) is 0 Å². The number of hydrogen-bond acceptors (Lipinski definition) is 2. The topological polar surface area (TPSA) is 58.2 Å². The molecule has 1 saturated heterocycles. The maximum absolute atomic E-state index is 11.3. The minimum absolute atomic E-state index is 0.0736. The number of halogens is 1. The van der Waals surface area contributed by atoms with Crippen LogP contribution in [0.5, 0.6) is 0 Å². The molecule has 1 aliphatic rings. The Hall–Kier alpha value is -0.770. The lowest BCUT2D eigenvalue weighted by Crippen LogP contribution is -2.50. The second kappa shape index (κ2) is 5.86. The smallest absolute Gasteiger partial charge is 0.242 e. The van der Waals surface area contributed by atoms with E-state index >= 15 is 0 Å². The fourth-order valence-electron chi connectivity index (χ4n) is 1.40. The van der Waals surface area contributed by atoms with Gasteiger partial charge in [-0.1, -0.05) is 0 Å². The van der Waals surface area contributed by atoms with Crippen LogP contribution in [0.3, 0.4) is 0 Å². The highest BCUT2D eigenvalue weighted by Gasteiger charge is 2.22. The summed E-state index contributed by atoms with van der Waals surface area (Å²) in [7, 11) is 0. The van der Waals surface area contributed by atoms with Crippen molar-refractivity contribution in [3.63, 3.8) is 0 Å². The Kier molecular flexibility index (Phi) is 4.73. The van der Waals surface area contributed by atoms with Crippen LogP contribution < -0.4 is 10.6 Å². The Morgan fingerprint density at radius 2 is 2.43 bits per heavy atom. The van der Waals surface area contributed by atoms with Crippen molar-refractivity contribution in [1.29, 1.82) is 0 Å². The standard InChI is InChI=1S/C9H15ClN2O2/c10-5-1-4-8(13)12-7-3-2-6-11-9(7)14/h7H,1-6H2,(H,11,14)(H,12,13). The minimum Gasteiger partial charge on any atom is -0.354 e. The largest absolute Gasteiger partial charge is 0.354 e. The molecule has 5 heteroatoms. The van der Waals surface area contributed by atoms with E-state index in [9.17, 15) is 9.59 Å². The Bertz CT molecular complexity index is 221. The van der Waals surface area contributed by atoms with E-state index in [-0.39, 0.29) is 17.9 Å². The summed E-state index contributed by atoms with van der Waals surface area (Å²) in [4.78, 5) is 22.5. The summed E-state index contributed by atoms with van der Waals surface area (Å²) in [6.45, 7) is 0.715. The molecule has 1 unspecified atom stereocenters. The average Bonchev–Trinajstić information content (AvgIpc) is 2.18. The molecule has 1 rings (SSSR count). The number of piperidine rings is 1. The van der Waals surface area contributed by atoms with E-state index in [0.29, 0.717) is 25.3 Å². The van der Waals surface area contributed by atoms with Gasteiger partial charge in [-0.3, -0.25) is 9.59 Å². The monoisotopic (exact) mass is 218 g/mol. The summed E-state index contributed by atoms with van der Waals surface area (Å²) >= 11 is 5.46. The first kappa shape index (κ1) is 11.3. The molecule has 0 radical (unpaired) electrons. The number of alkyl halides is 1. The fraction of sp³-hybridized carbons (Fsp3) is 0.778. The van der Waals surface area contributed by atoms with Gasteiger partial charge < -0.3 is 10.6 Å². The number of hydrogen-bond donors (Lipinski definition) is 2. The van der Waals surface area contributed by atoms with Gasteiger partial charge in [0.05, 0.1) is 0 Å². The van der Waals surface area contributed by atoms with Gasteiger partial charge in [0, 0.05) is 18.8 Å². The summed E-state index contributed by atoms with van der Waals surface area (Å²) in [6.07, 6.45) is 2.71. The second-order valence-corrected chi connectivity index (χ2v) is 3.72. The summed E-state index contributed by atoms with van der Waals surface area (Å²) in [5.74, 6) is 0.313. The number of carbonyl (C=O) groups excluding carboxylic acids is 2. The van der Waals surface area contributed by atoms with Crippen LogP contribution in [0.2, 0.25) is 0 Å². The lowest BCUT2D eigenvalue weighted by atomic mass is 10.1. The van der Waals surface area contributed by atoms with Gasteiger partial charge in [0.1, 0.15) is 6.04 Å². The molecular formula is C9H15ClN2O2. The third kappa shape index (κ3) is 3.54. The highest BCUT2D eigenvalue weighted by Crippen LogP contribution is 2.03. The highest BCUT2D eigenvalue weighted by molar-refractivity contribution is 6.17. The van der Waals surface area contributed by atoms with E-state index in [1.807, 2.05) is 0 Å². The van der Waals surface area contributed by atoms with Gasteiger partial charge >= 0.3 is 0 Å². The summed E-state index contributed by atoms with van der Waals surface area (Å²) in [5.41, 5.74) is 0. The first-order chi connectivity index (χ1) is 6.74. The van der Waals surface area contributed by atoms with Crippen LogP contribution in [0.25, 0.3) is 0 Å². The maximum atomic E-state index is 11.3. The zero-order valence-electron chi connectivity index (χ0n) is 8.01. The number of nitrogens with one attached hydrogen (secondary N) is 2. The van der Waals surface area contributed by atoms with E-state index in [0.717, 1.165) is 12.8 Å². The van der Waals surface area contributed by atoms with Crippen LogP contribution in [0.15, 0.2) is 0 Å². The molecule has 0 aliphatic carbocycles. The normalized spacial score (nSPS) is 21.5. The second-order valence-electron chi connectivity index (χ2n) is 3.35. The van der Waals surface area contributed by atoms with E-state index in [1.54, 1.807) is 0 Å². The minimum atomic E-state index is -0.341. The van der Waals surface area contributed by atoms with Gasteiger partial charge in [0.15, 0.2) is 0 Å². The van der Waals surface area contributed by atoms with Gasteiger partial charge in [-0.15, -0.1) is 11.6 Å². The zero-order chi connectivity index (χ0) is 10.4. The van der Waals surface area contributed by atoms with Gasteiger partial charge in [0.25, 0.3) is 0 Å². The van der Waals surface area contributed by atoms with Crippen LogP contribution in [-0.4, -0.2) is 30.3 Å². The molecule has 14 heavy (non-hydrogen) atoms. The van der Waals surface area contributed by atoms with Gasteiger partial charge in [-0.2, -0.15) is 0 Å². The quantitative estimate of drug-likeness (QED) is 0.672. The summed E-state index contributed by atoms with van der Waals surface area (Å²) in [5, 5.41) is 5.41. The van der Waals surface area contributed by atoms with E-state index in [2.05, 4.69) is 10.6 Å². The lowest BCUT2D eigenvalue weighted by Gasteiger charge is -2.22. The third-order valence-corrected chi connectivity index (χ3v) is 2.43. The molecule has 0 aromatic carbocycles. The Balaban J connectivity index is 2.27. The molecule has 0 spiro atoms. The van der Waals surface area contributed by atoms with Crippen LogP contribution in [0.1, 0.15) is 25.7 Å². The Labute approximate surface area is 88.4 Å². The molecular weight excluding hydrogens is 204 g/mol.